The van der Waals surface area contributed by atoms with Crippen molar-refractivity contribution in [2.24, 2.45) is 0 Å². The first-order valence-electron chi connectivity index (χ1n) is 9.21. The van der Waals surface area contributed by atoms with Gasteiger partial charge < -0.3 is 13.9 Å². The van der Waals surface area contributed by atoms with E-state index in [0.29, 0.717) is 0 Å². The molecule has 4 aromatic rings. The van der Waals surface area contributed by atoms with E-state index in [9.17, 15) is 0 Å². The van der Waals surface area contributed by atoms with Gasteiger partial charge in [-0.25, -0.2) is 9.97 Å². The molecule has 0 fully saturated rings. The Morgan fingerprint density at radius 3 is 2.32 bits per heavy atom. The molecule has 28 heavy (non-hydrogen) atoms. The zero-order chi connectivity index (χ0) is 19.2. The van der Waals surface area contributed by atoms with Crippen LogP contribution in [-0.2, 0) is 13.0 Å². The van der Waals surface area contributed by atoms with Crippen LogP contribution in [0.3, 0.4) is 0 Å². The van der Waals surface area contributed by atoms with Gasteiger partial charge in [0.2, 0.25) is 0 Å². The second kappa shape index (κ2) is 8.76. The molecule has 4 rings (SSSR count). The number of nitrogens with zero attached hydrogens (tertiary/aromatic N) is 4. The molecule has 1 atom stereocenters. The Hall–Kier alpha value is -3.05. The van der Waals surface area contributed by atoms with Crippen molar-refractivity contribution in [3.8, 4) is 11.4 Å². The smallest absolute Gasteiger partial charge is 0.119 e. The summed E-state index contributed by atoms with van der Waals surface area (Å²) in [5, 5.41) is 0.757. The van der Waals surface area contributed by atoms with Gasteiger partial charge in [-0.15, -0.1) is 0 Å². The fourth-order valence-corrected chi connectivity index (χ4v) is 3.22. The zero-order valence-corrected chi connectivity index (χ0v) is 16.1. The monoisotopic (exact) mass is 392 g/mol. The van der Waals surface area contributed by atoms with Gasteiger partial charge >= 0.3 is 0 Å². The summed E-state index contributed by atoms with van der Waals surface area (Å²) in [6.07, 6.45) is 12.9. The minimum Gasteiger partial charge on any atom is -0.489 e. The van der Waals surface area contributed by atoms with Gasteiger partial charge in [0, 0.05) is 35.5 Å². The molecule has 0 N–H and O–H groups in total. The first-order chi connectivity index (χ1) is 13.8. The molecule has 0 bridgehead atoms. The van der Waals surface area contributed by atoms with E-state index in [1.165, 1.54) is 5.56 Å². The highest BCUT2D eigenvalue weighted by Gasteiger charge is 2.12. The first kappa shape index (κ1) is 18.3. The molecule has 0 spiro atoms. The summed E-state index contributed by atoms with van der Waals surface area (Å²) in [5.74, 6) is 0.852. The van der Waals surface area contributed by atoms with Crippen molar-refractivity contribution >= 4 is 11.6 Å². The fraction of sp³-hybridized carbons (Fsp3) is 0.182. The number of halogens is 1. The maximum atomic E-state index is 6.31. The van der Waals surface area contributed by atoms with Gasteiger partial charge in [-0.05, 0) is 54.8 Å². The highest BCUT2D eigenvalue weighted by atomic mass is 35.5. The third-order valence-electron chi connectivity index (χ3n) is 4.58. The summed E-state index contributed by atoms with van der Waals surface area (Å²) >= 11 is 5.99. The van der Waals surface area contributed by atoms with E-state index in [0.717, 1.165) is 35.8 Å². The lowest BCUT2D eigenvalue weighted by Crippen LogP contribution is -2.23. The van der Waals surface area contributed by atoms with Crippen molar-refractivity contribution in [1.29, 1.82) is 0 Å². The molecule has 0 saturated heterocycles. The molecular weight excluding hydrogens is 372 g/mol. The molecule has 2 aromatic carbocycles. The second-order valence-electron chi connectivity index (χ2n) is 6.63. The highest BCUT2D eigenvalue weighted by Crippen LogP contribution is 2.19. The summed E-state index contributed by atoms with van der Waals surface area (Å²) in [6.45, 7) is 0.747. The molecule has 2 aromatic heterocycles. The predicted octanol–water partition coefficient (Wildman–Crippen LogP) is 4.80. The molecule has 142 valence electrons. The van der Waals surface area contributed by atoms with Crippen LogP contribution in [0, 0.1) is 0 Å². The van der Waals surface area contributed by atoms with E-state index in [2.05, 4.69) is 22.1 Å². The standard InChI is InChI=1S/C22H21ClN4O/c23-19-4-1-18(2-5-19)3-8-22(15-26-13-11-24-16-26)28-21-9-6-20(7-10-21)27-14-12-25-17-27/h1-2,4-7,9-14,16-17,22H,3,8,15H2. The SMILES string of the molecule is Clc1ccc(CCC(Cn2ccnc2)Oc2ccc(-n3ccnc3)cc2)cc1. The number of hydrogen-bond donors (Lipinski definition) is 0. The average Bonchev–Trinajstić information content (AvgIpc) is 3.42. The minimum atomic E-state index is 0.0315. The van der Waals surface area contributed by atoms with Crippen LogP contribution in [0.2, 0.25) is 5.02 Å². The molecule has 2 heterocycles. The molecule has 0 aliphatic rings. The van der Waals surface area contributed by atoms with Crippen molar-refractivity contribution in [2.45, 2.75) is 25.5 Å². The van der Waals surface area contributed by atoms with Gasteiger partial charge in [0.15, 0.2) is 0 Å². The lowest BCUT2D eigenvalue weighted by atomic mass is 10.1. The normalized spacial score (nSPS) is 12.0. The third-order valence-corrected chi connectivity index (χ3v) is 4.84. The lowest BCUT2D eigenvalue weighted by molar-refractivity contribution is 0.170. The lowest BCUT2D eigenvalue weighted by Gasteiger charge is -2.20. The van der Waals surface area contributed by atoms with Crippen molar-refractivity contribution in [2.75, 3.05) is 0 Å². The van der Waals surface area contributed by atoms with E-state index in [1.54, 1.807) is 18.7 Å². The van der Waals surface area contributed by atoms with E-state index in [1.807, 2.05) is 64.3 Å². The summed E-state index contributed by atoms with van der Waals surface area (Å²) in [5.41, 5.74) is 2.30. The largest absolute Gasteiger partial charge is 0.489 e. The third kappa shape index (κ3) is 4.81. The topological polar surface area (TPSA) is 44.9 Å². The number of aromatic nitrogens is 4. The van der Waals surface area contributed by atoms with E-state index in [4.69, 9.17) is 16.3 Å². The van der Waals surface area contributed by atoms with Gasteiger partial charge in [-0.1, -0.05) is 23.7 Å². The Kier molecular flexibility index (Phi) is 5.73. The van der Waals surface area contributed by atoms with Gasteiger partial charge in [0.05, 0.1) is 19.2 Å². The molecule has 0 saturated carbocycles. The summed E-state index contributed by atoms with van der Waals surface area (Å²) in [6, 6.07) is 16.0. The van der Waals surface area contributed by atoms with Crippen molar-refractivity contribution in [3.05, 3.63) is 96.6 Å². The van der Waals surface area contributed by atoms with Crippen molar-refractivity contribution in [1.82, 2.24) is 19.1 Å². The Morgan fingerprint density at radius 2 is 1.64 bits per heavy atom. The number of ether oxygens (including phenoxy) is 1. The molecule has 1 unspecified atom stereocenters. The van der Waals surface area contributed by atoms with Crippen LogP contribution in [0.25, 0.3) is 5.69 Å². The zero-order valence-electron chi connectivity index (χ0n) is 15.4. The average molecular weight is 393 g/mol. The number of rotatable bonds is 8. The molecule has 0 amide bonds. The van der Waals surface area contributed by atoms with Crippen LogP contribution in [0.4, 0.5) is 0 Å². The quantitative estimate of drug-likeness (QED) is 0.432. The van der Waals surface area contributed by atoms with Gasteiger partial charge in [0.1, 0.15) is 11.9 Å². The van der Waals surface area contributed by atoms with Gasteiger partial charge in [-0.3, -0.25) is 0 Å². The Labute approximate surface area is 169 Å². The fourth-order valence-electron chi connectivity index (χ4n) is 3.10. The van der Waals surface area contributed by atoms with Crippen molar-refractivity contribution in [3.63, 3.8) is 0 Å². The highest BCUT2D eigenvalue weighted by molar-refractivity contribution is 6.30. The maximum absolute atomic E-state index is 6.31. The van der Waals surface area contributed by atoms with Crippen LogP contribution in [0.15, 0.2) is 86.0 Å². The molecule has 5 nitrogen and oxygen atoms in total. The summed E-state index contributed by atoms with van der Waals surface area (Å²) in [4.78, 5) is 8.22. The van der Waals surface area contributed by atoms with Crippen LogP contribution in [-0.4, -0.2) is 25.2 Å². The van der Waals surface area contributed by atoms with Gasteiger partial charge in [-0.2, -0.15) is 0 Å². The van der Waals surface area contributed by atoms with E-state index >= 15 is 0 Å². The van der Waals surface area contributed by atoms with Crippen LogP contribution < -0.4 is 4.74 Å². The van der Waals surface area contributed by atoms with Crippen molar-refractivity contribution < 1.29 is 4.74 Å². The Bertz CT molecular complexity index is 965. The van der Waals surface area contributed by atoms with Crippen LogP contribution in [0.1, 0.15) is 12.0 Å². The van der Waals surface area contributed by atoms with E-state index < -0.39 is 0 Å². The Balaban J connectivity index is 1.44. The molecule has 0 radical (unpaired) electrons. The number of imidazole rings is 2. The molecule has 0 aliphatic carbocycles. The van der Waals surface area contributed by atoms with Crippen LogP contribution in [0.5, 0.6) is 5.75 Å². The Morgan fingerprint density at radius 1 is 0.893 bits per heavy atom. The first-order valence-corrected chi connectivity index (χ1v) is 9.59. The maximum Gasteiger partial charge on any atom is 0.119 e. The number of hydrogen-bond acceptors (Lipinski definition) is 3. The van der Waals surface area contributed by atoms with E-state index in [-0.39, 0.29) is 6.10 Å². The van der Waals surface area contributed by atoms with Crippen LogP contribution >= 0.6 is 11.6 Å². The second-order valence-corrected chi connectivity index (χ2v) is 7.06. The summed E-state index contributed by atoms with van der Waals surface area (Å²) < 4.78 is 10.3. The summed E-state index contributed by atoms with van der Waals surface area (Å²) in [7, 11) is 0. The molecule has 0 aliphatic heterocycles. The molecular formula is C22H21ClN4O. The van der Waals surface area contributed by atoms with Gasteiger partial charge in [0.25, 0.3) is 0 Å². The number of aryl methyl sites for hydroxylation is 1. The minimum absolute atomic E-state index is 0.0315. The number of benzene rings is 2. The predicted molar refractivity (Wildman–Crippen MR) is 110 cm³/mol. The molecule has 6 heteroatoms.